The van der Waals surface area contributed by atoms with E-state index in [4.69, 9.17) is 9.15 Å². The van der Waals surface area contributed by atoms with E-state index in [1.807, 2.05) is 17.5 Å². The Morgan fingerprint density at radius 1 is 1.20 bits per heavy atom. The molecule has 4 aromatic rings. The SMILES string of the molecule is COc1cccc2cc(/C(C)=N\Nc3nc(-c4ccc(C)cc4C)cs3)c(=O)oc12. The lowest BCUT2D eigenvalue weighted by Gasteiger charge is -2.06. The molecule has 6 nitrogen and oxygen atoms in total. The third-order valence-electron chi connectivity index (χ3n) is 4.81. The first kappa shape index (κ1) is 19.8. The van der Waals surface area contributed by atoms with E-state index in [9.17, 15) is 4.79 Å². The highest BCUT2D eigenvalue weighted by atomic mass is 32.1. The van der Waals surface area contributed by atoms with Crippen molar-refractivity contribution in [2.75, 3.05) is 12.5 Å². The zero-order chi connectivity index (χ0) is 21.3. The van der Waals surface area contributed by atoms with Crippen LogP contribution in [-0.4, -0.2) is 17.8 Å². The van der Waals surface area contributed by atoms with E-state index < -0.39 is 5.63 Å². The van der Waals surface area contributed by atoms with Gasteiger partial charge in [0.1, 0.15) is 0 Å². The molecule has 0 saturated heterocycles. The average Bonchev–Trinajstić information content (AvgIpc) is 3.19. The third-order valence-corrected chi connectivity index (χ3v) is 5.56. The first-order chi connectivity index (χ1) is 14.5. The molecule has 152 valence electrons. The fourth-order valence-corrected chi connectivity index (χ4v) is 3.92. The highest BCUT2D eigenvalue weighted by Crippen LogP contribution is 2.28. The predicted octanol–water partition coefficient (Wildman–Crippen LogP) is 5.38. The van der Waals surface area contributed by atoms with Gasteiger partial charge in [0.05, 0.1) is 24.1 Å². The molecule has 0 aliphatic rings. The second-order valence-corrected chi connectivity index (χ2v) is 7.85. The van der Waals surface area contributed by atoms with Gasteiger partial charge in [0.25, 0.3) is 0 Å². The normalized spacial score (nSPS) is 11.7. The van der Waals surface area contributed by atoms with Crippen LogP contribution in [0.5, 0.6) is 5.75 Å². The van der Waals surface area contributed by atoms with E-state index in [0.717, 1.165) is 16.6 Å². The molecule has 0 spiro atoms. The first-order valence-corrected chi connectivity index (χ1v) is 10.3. The number of aryl methyl sites for hydroxylation is 2. The highest BCUT2D eigenvalue weighted by molar-refractivity contribution is 7.14. The highest BCUT2D eigenvalue weighted by Gasteiger charge is 2.12. The minimum absolute atomic E-state index is 0.384. The number of fused-ring (bicyclic) bond motifs is 1. The van der Waals surface area contributed by atoms with Crippen LogP contribution >= 0.6 is 11.3 Å². The summed E-state index contributed by atoms with van der Waals surface area (Å²) in [5, 5.41) is 7.75. The number of hydrogen-bond acceptors (Lipinski definition) is 7. The number of hydrogen-bond donors (Lipinski definition) is 1. The molecule has 0 fully saturated rings. The van der Waals surface area contributed by atoms with E-state index in [2.05, 4.69) is 47.6 Å². The van der Waals surface area contributed by atoms with Gasteiger partial charge in [-0.1, -0.05) is 35.9 Å². The maximum atomic E-state index is 12.5. The zero-order valence-corrected chi connectivity index (χ0v) is 18.0. The summed E-state index contributed by atoms with van der Waals surface area (Å²) in [6.07, 6.45) is 0. The fraction of sp³-hybridized carbons (Fsp3) is 0.174. The van der Waals surface area contributed by atoms with Crippen LogP contribution in [0.3, 0.4) is 0 Å². The first-order valence-electron chi connectivity index (χ1n) is 9.41. The molecule has 0 aliphatic heterocycles. The van der Waals surface area contributed by atoms with Crippen LogP contribution in [0, 0.1) is 13.8 Å². The Balaban J connectivity index is 1.60. The van der Waals surface area contributed by atoms with Crippen molar-refractivity contribution < 1.29 is 9.15 Å². The van der Waals surface area contributed by atoms with Crippen molar-refractivity contribution in [2.45, 2.75) is 20.8 Å². The lowest BCUT2D eigenvalue weighted by atomic mass is 10.0. The number of para-hydroxylation sites is 1. The fourth-order valence-electron chi connectivity index (χ4n) is 3.27. The minimum Gasteiger partial charge on any atom is -0.493 e. The van der Waals surface area contributed by atoms with Gasteiger partial charge in [0.15, 0.2) is 11.3 Å². The van der Waals surface area contributed by atoms with Gasteiger partial charge >= 0.3 is 5.63 Å². The molecular weight excluding hydrogens is 398 g/mol. The van der Waals surface area contributed by atoms with Gasteiger partial charge in [-0.2, -0.15) is 5.10 Å². The van der Waals surface area contributed by atoms with Crippen molar-refractivity contribution in [1.82, 2.24) is 4.98 Å². The lowest BCUT2D eigenvalue weighted by Crippen LogP contribution is -2.13. The van der Waals surface area contributed by atoms with Crippen LogP contribution < -0.4 is 15.8 Å². The average molecular weight is 420 g/mol. The molecule has 2 aromatic carbocycles. The molecule has 7 heteroatoms. The van der Waals surface area contributed by atoms with Crippen LogP contribution in [0.25, 0.3) is 22.2 Å². The van der Waals surface area contributed by atoms with Crippen LogP contribution in [-0.2, 0) is 0 Å². The van der Waals surface area contributed by atoms with Gasteiger partial charge in [0.2, 0.25) is 5.13 Å². The number of thiazole rings is 1. The number of anilines is 1. The van der Waals surface area contributed by atoms with E-state index >= 15 is 0 Å². The second kappa shape index (κ2) is 8.12. The smallest absolute Gasteiger partial charge is 0.345 e. The van der Waals surface area contributed by atoms with Crippen LogP contribution in [0.2, 0.25) is 0 Å². The Hall–Kier alpha value is -3.45. The molecule has 2 aromatic heterocycles. The summed E-state index contributed by atoms with van der Waals surface area (Å²) in [6, 6.07) is 13.5. The Bertz CT molecular complexity index is 1320. The number of ether oxygens (including phenoxy) is 1. The predicted molar refractivity (Wildman–Crippen MR) is 122 cm³/mol. The van der Waals surface area contributed by atoms with Crippen LogP contribution in [0.4, 0.5) is 5.13 Å². The summed E-state index contributed by atoms with van der Waals surface area (Å²) in [5.41, 5.74) is 8.18. The molecule has 1 N–H and O–H groups in total. The quantitative estimate of drug-likeness (QED) is 0.267. The van der Waals surface area contributed by atoms with Gasteiger partial charge in [-0.05, 0) is 38.5 Å². The molecule has 30 heavy (non-hydrogen) atoms. The molecule has 0 amide bonds. The largest absolute Gasteiger partial charge is 0.493 e. The van der Waals surface area contributed by atoms with Crippen LogP contribution in [0.1, 0.15) is 23.6 Å². The molecule has 0 atom stereocenters. The second-order valence-electron chi connectivity index (χ2n) is 6.99. The molecule has 0 saturated carbocycles. The Kier molecular flexibility index (Phi) is 5.37. The van der Waals surface area contributed by atoms with Crippen molar-refractivity contribution in [3.63, 3.8) is 0 Å². The Morgan fingerprint density at radius 3 is 2.80 bits per heavy atom. The van der Waals surface area contributed by atoms with E-state index in [1.165, 1.54) is 22.5 Å². The van der Waals surface area contributed by atoms with Crippen molar-refractivity contribution in [3.05, 3.63) is 75.0 Å². The molecular formula is C23H21N3O3S. The maximum Gasteiger partial charge on any atom is 0.345 e. The Labute approximate surface area is 177 Å². The molecule has 0 bridgehead atoms. The van der Waals surface area contributed by atoms with Gasteiger partial charge < -0.3 is 9.15 Å². The van der Waals surface area contributed by atoms with Crippen molar-refractivity contribution in [2.24, 2.45) is 5.10 Å². The van der Waals surface area contributed by atoms with Gasteiger partial charge in [-0.15, -0.1) is 11.3 Å². The third kappa shape index (κ3) is 3.84. The maximum absolute atomic E-state index is 12.5. The summed E-state index contributed by atoms with van der Waals surface area (Å²) >= 11 is 1.46. The Morgan fingerprint density at radius 2 is 2.03 bits per heavy atom. The van der Waals surface area contributed by atoms with E-state index in [0.29, 0.717) is 27.7 Å². The zero-order valence-electron chi connectivity index (χ0n) is 17.1. The number of aromatic nitrogens is 1. The summed E-state index contributed by atoms with van der Waals surface area (Å²) in [6.45, 7) is 5.90. The monoisotopic (exact) mass is 419 g/mol. The van der Waals surface area contributed by atoms with Crippen molar-refractivity contribution in [1.29, 1.82) is 0 Å². The molecule has 0 aliphatic carbocycles. The molecule has 4 rings (SSSR count). The number of rotatable bonds is 5. The number of nitrogens with one attached hydrogen (secondary N) is 1. The minimum atomic E-state index is -0.467. The van der Waals surface area contributed by atoms with Crippen LogP contribution in [0.15, 0.2) is 62.2 Å². The van der Waals surface area contributed by atoms with Gasteiger partial charge in [-0.25, -0.2) is 9.78 Å². The summed E-state index contributed by atoms with van der Waals surface area (Å²) in [7, 11) is 1.54. The molecule has 0 radical (unpaired) electrons. The van der Waals surface area contributed by atoms with E-state index in [-0.39, 0.29) is 0 Å². The standard InChI is InChI=1S/C23H21N3O3S/c1-13-8-9-17(14(2)10-13)19-12-30-23(24-19)26-25-15(3)18-11-16-6-5-7-20(28-4)21(16)29-22(18)27/h5-12H,1-4H3,(H,24,26)/b25-15-. The number of hydrazone groups is 1. The molecule has 0 unspecified atom stereocenters. The van der Waals surface area contributed by atoms with E-state index in [1.54, 1.807) is 26.2 Å². The van der Waals surface area contributed by atoms with Gasteiger partial charge in [0, 0.05) is 16.3 Å². The number of methoxy groups -OCH3 is 1. The number of benzene rings is 2. The summed E-state index contributed by atoms with van der Waals surface area (Å²) < 4.78 is 10.7. The van der Waals surface area contributed by atoms with Gasteiger partial charge in [-0.3, -0.25) is 5.43 Å². The lowest BCUT2D eigenvalue weighted by molar-refractivity contribution is 0.406. The van der Waals surface area contributed by atoms with Crippen molar-refractivity contribution in [3.8, 4) is 17.0 Å². The topological polar surface area (TPSA) is 76.7 Å². The summed E-state index contributed by atoms with van der Waals surface area (Å²) in [4.78, 5) is 17.1. The molecule has 2 heterocycles. The van der Waals surface area contributed by atoms with Crippen molar-refractivity contribution >= 4 is 33.1 Å². The summed E-state index contributed by atoms with van der Waals surface area (Å²) in [5.74, 6) is 0.519. The number of nitrogens with zero attached hydrogens (tertiary/aromatic N) is 2.